The van der Waals surface area contributed by atoms with Crippen molar-refractivity contribution in [2.45, 2.75) is 20.4 Å². The lowest BCUT2D eigenvalue weighted by atomic mass is 10.3. The molecule has 0 saturated heterocycles. The number of aromatic nitrogens is 3. The molecular formula is C7H12N4. The first-order chi connectivity index (χ1) is 5.18. The predicted octanol–water partition coefficient (Wildman–Crippen LogP) is 0.827. The molecule has 1 aromatic heterocycles. The van der Waals surface area contributed by atoms with Crippen LogP contribution in [0.3, 0.4) is 0 Å². The molecule has 0 aliphatic heterocycles. The minimum Gasteiger partial charge on any atom is -0.381 e. The zero-order valence-electron chi connectivity index (χ0n) is 6.78. The highest BCUT2D eigenvalue weighted by Gasteiger charge is 1.91. The largest absolute Gasteiger partial charge is 0.381 e. The Kier molecular flexibility index (Phi) is 2.25. The average molecular weight is 152 g/mol. The maximum atomic E-state index is 5.37. The van der Waals surface area contributed by atoms with E-state index in [2.05, 4.69) is 10.2 Å². The zero-order valence-corrected chi connectivity index (χ0v) is 6.78. The molecule has 0 fully saturated rings. The molecule has 0 aliphatic rings. The molecule has 0 unspecified atom stereocenters. The predicted molar refractivity (Wildman–Crippen MR) is 43.9 cm³/mol. The van der Waals surface area contributed by atoms with Crippen molar-refractivity contribution in [2.24, 2.45) is 0 Å². The fourth-order valence-corrected chi connectivity index (χ4v) is 0.663. The van der Waals surface area contributed by atoms with E-state index in [-0.39, 0.29) is 0 Å². The quantitative estimate of drug-likeness (QED) is 0.638. The number of nitrogen functional groups attached to an aromatic ring is 1. The fourth-order valence-electron chi connectivity index (χ4n) is 0.663. The second kappa shape index (κ2) is 3.18. The molecule has 0 amide bonds. The molecule has 11 heavy (non-hydrogen) atoms. The monoisotopic (exact) mass is 152 g/mol. The summed E-state index contributed by atoms with van der Waals surface area (Å²) in [4.78, 5) is 1.56. The number of hydrogen-bond donors (Lipinski definition) is 1. The highest BCUT2D eigenvalue weighted by molar-refractivity contribution is 5.19. The highest BCUT2D eigenvalue weighted by Crippen LogP contribution is 1.93. The third-order valence-corrected chi connectivity index (χ3v) is 1.22. The van der Waals surface area contributed by atoms with Crippen LogP contribution in [0.4, 0.5) is 5.82 Å². The van der Waals surface area contributed by atoms with Crippen molar-refractivity contribution < 1.29 is 0 Å². The average Bonchev–Trinajstić information content (AvgIpc) is 2.31. The number of anilines is 1. The van der Waals surface area contributed by atoms with Gasteiger partial charge in [0.05, 0.1) is 12.7 Å². The van der Waals surface area contributed by atoms with Gasteiger partial charge in [-0.3, -0.25) is 0 Å². The van der Waals surface area contributed by atoms with Gasteiger partial charge in [-0.2, -0.15) is 9.90 Å². The summed E-state index contributed by atoms with van der Waals surface area (Å²) in [6.45, 7) is 4.76. The molecule has 0 radical (unpaired) electrons. The summed E-state index contributed by atoms with van der Waals surface area (Å²) in [6, 6.07) is 0. The standard InChI is InChI=1S/C7H12N4/c1-6(2)3-4-11-9-5-7(8)10-11/h3,5H,4H2,1-2H3,(H2,8,10). The number of nitrogens with zero attached hydrogens (tertiary/aromatic N) is 3. The van der Waals surface area contributed by atoms with Gasteiger partial charge in [0.15, 0.2) is 5.82 Å². The zero-order chi connectivity index (χ0) is 8.27. The molecule has 1 aromatic rings. The van der Waals surface area contributed by atoms with Gasteiger partial charge in [-0.1, -0.05) is 11.6 Å². The van der Waals surface area contributed by atoms with E-state index in [1.54, 1.807) is 11.0 Å². The lowest BCUT2D eigenvalue weighted by Crippen LogP contribution is -2.00. The number of hydrogen-bond acceptors (Lipinski definition) is 3. The minimum atomic E-state index is 0.465. The van der Waals surface area contributed by atoms with Crippen molar-refractivity contribution in [3.05, 3.63) is 17.8 Å². The summed E-state index contributed by atoms with van der Waals surface area (Å²) in [6.07, 6.45) is 3.58. The van der Waals surface area contributed by atoms with E-state index in [9.17, 15) is 0 Å². The van der Waals surface area contributed by atoms with Crippen LogP contribution in [-0.2, 0) is 6.54 Å². The molecule has 4 heteroatoms. The number of allylic oxidation sites excluding steroid dienone is 2. The van der Waals surface area contributed by atoms with Crippen molar-refractivity contribution in [3.8, 4) is 0 Å². The second-order valence-electron chi connectivity index (χ2n) is 2.61. The molecule has 0 atom stereocenters. The summed E-state index contributed by atoms with van der Waals surface area (Å²) in [5, 5.41) is 7.85. The van der Waals surface area contributed by atoms with Crippen molar-refractivity contribution in [1.82, 2.24) is 15.0 Å². The van der Waals surface area contributed by atoms with Crippen molar-refractivity contribution in [3.63, 3.8) is 0 Å². The first-order valence-corrected chi connectivity index (χ1v) is 3.47. The van der Waals surface area contributed by atoms with Crippen molar-refractivity contribution in [2.75, 3.05) is 5.73 Å². The van der Waals surface area contributed by atoms with Crippen LogP contribution >= 0.6 is 0 Å². The Bertz CT molecular complexity index is 257. The lowest BCUT2D eigenvalue weighted by Gasteiger charge is -1.92. The Labute approximate surface area is 65.7 Å². The van der Waals surface area contributed by atoms with Gasteiger partial charge in [0, 0.05) is 0 Å². The Morgan fingerprint density at radius 3 is 2.91 bits per heavy atom. The van der Waals surface area contributed by atoms with E-state index in [1.165, 1.54) is 5.57 Å². The van der Waals surface area contributed by atoms with Crippen LogP contribution in [-0.4, -0.2) is 15.0 Å². The van der Waals surface area contributed by atoms with Crippen LogP contribution in [0, 0.1) is 0 Å². The van der Waals surface area contributed by atoms with Gasteiger partial charge in [-0.05, 0) is 13.8 Å². The molecule has 0 aromatic carbocycles. The molecule has 0 bridgehead atoms. The van der Waals surface area contributed by atoms with Crippen molar-refractivity contribution >= 4 is 5.82 Å². The smallest absolute Gasteiger partial charge is 0.165 e. The van der Waals surface area contributed by atoms with Gasteiger partial charge in [0.25, 0.3) is 0 Å². The molecule has 0 saturated carbocycles. The van der Waals surface area contributed by atoms with Crippen LogP contribution in [0.25, 0.3) is 0 Å². The Morgan fingerprint density at radius 2 is 2.45 bits per heavy atom. The summed E-state index contributed by atoms with van der Waals surface area (Å²) < 4.78 is 0. The Morgan fingerprint density at radius 1 is 1.73 bits per heavy atom. The fraction of sp³-hybridized carbons (Fsp3) is 0.429. The Balaban J connectivity index is 2.58. The van der Waals surface area contributed by atoms with Crippen LogP contribution in [0.2, 0.25) is 0 Å². The first-order valence-electron chi connectivity index (χ1n) is 3.47. The van der Waals surface area contributed by atoms with Gasteiger partial charge in [-0.25, -0.2) is 0 Å². The van der Waals surface area contributed by atoms with Gasteiger partial charge in [-0.15, -0.1) is 5.10 Å². The minimum absolute atomic E-state index is 0.465. The molecule has 2 N–H and O–H groups in total. The molecule has 60 valence electrons. The second-order valence-corrected chi connectivity index (χ2v) is 2.61. The van der Waals surface area contributed by atoms with Gasteiger partial charge < -0.3 is 5.73 Å². The van der Waals surface area contributed by atoms with E-state index < -0.39 is 0 Å². The van der Waals surface area contributed by atoms with E-state index in [0.29, 0.717) is 12.4 Å². The molecular weight excluding hydrogens is 140 g/mol. The van der Waals surface area contributed by atoms with Gasteiger partial charge >= 0.3 is 0 Å². The number of nitrogens with two attached hydrogens (primary N) is 1. The van der Waals surface area contributed by atoms with Gasteiger partial charge in [0.1, 0.15) is 0 Å². The molecule has 1 rings (SSSR count). The van der Waals surface area contributed by atoms with Crippen LogP contribution in [0.5, 0.6) is 0 Å². The summed E-state index contributed by atoms with van der Waals surface area (Å²) in [7, 11) is 0. The van der Waals surface area contributed by atoms with E-state index >= 15 is 0 Å². The first kappa shape index (κ1) is 7.78. The molecule has 0 aliphatic carbocycles. The SMILES string of the molecule is CC(C)=CCn1ncc(N)n1. The Hall–Kier alpha value is -1.32. The van der Waals surface area contributed by atoms with Gasteiger partial charge in [0.2, 0.25) is 0 Å². The molecule has 4 nitrogen and oxygen atoms in total. The summed E-state index contributed by atoms with van der Waals surface area (Å²) >= 11 is 0. The van der Waals surface area contributed by atoms with Crippen molar-refractivity contribution in [1.29, 1.82) is 0 Å². The van der Waals surface area contributed by atoms with Crippen LogP contribution in [0.1, 0.15) is 13.8 Å². The topological polar surface area (TPSA) is 56.7 Å². The van der Waals surface area contributed by atoms with E-state index in [1.807, 2.05) is 19.9 Å². The third kappa shape index (κ3) is 2.41. The molecule has 1 heterocycles. The molecule has 0 spiro atoms. The van der Waals surface area contributed by atoms with Crippen LogP contribution < -0.4 is 5.73 Å². The third-order valence-electron chi connectivity index (χ3n) is 1.22. The van der Waals surface area contributed by atoms with E-state index in [4.69, 9.17) is 5.73 Å². The lowest BCUT2D eigenvalue weighted by molar-refractivity contribution is 0.602. The highest BCUT2D eigenvalue weighted by atomic mass is 15.5. The summed E-state index contributed by atoms with van der Waals surface area (Å²) in [5.74, 6) is 0.465. The summed E-state index contributed by atoms with van der Waals surface area (Å²) in [5.41, 5.74) is 6.62. The number of rotatable bonds is 2. The van der Waals surface area contributed by atoms with Crippen LogP contribution in [0.15, 0.2) is 17.8 Å². The van der Waals surface area contributed by atoms with E-state index in [0.717, 1.165) is 0 Å². The maximum Gasteiger partial charge on any atom is 0.165 e. The maximum absolute atomic E-state index is 5.37. The normalized spacial score (nSPS) is 9.64.